The summed E-state index contributed by atoms with van der Waals surface area (Å²) in [5.41, 5.74) is 0.722. The highest BCUT2D eigenvalue weighted by molar-refractivity contribution is 14.1. The van der Waals surface area contributed by atoms with Crippen molar-refractivity contribution >= 4 is 46.5 Å². The molecule has 0 aromatic carbocycles. The second-order valence-corrected chi connectivity index (χ2v) is 10.2. The maximum absolute atomic E-state index is 11.9. The quantitative estimate of drug-likeness (QED) is 0.0371. The fraction of sp³-hybridized carbons (Fsp3) is 0.500. The summed E-state index contributed by atoms with van der Waals surface area (Å²) in [6, 6.07) is 6.37. The van der Waals surface area contributed by atoms with Crippen LogP contribution in [0.2, 0.25) is 0 Å². The van der Waals surface area contributed by atoms with E-state index in [0.717, 1.165) is 0 Å². The lowest BCUT2D eigenvalue weighted by Crippen LogP contribution is -3.00. The number of carbonyl (C=O) groups is 4. The molecule has 0 aliphatic carbocycles. The first kappa shape index (κ1) is 49.2. The number of halogens is 2. The number of ether oxygens (including phenoxy) is 2. The van der Waals surface area contributed by atoms with Gasteiger partial charge < -0.3 is 59.1 Å². The number of nitrogens with one attached hydrogen (secondary N) is 3. The van der Waals surface area contributed by atoms with Crippen molar-refractivity contribution in [2.45, 2.75) is 54.3 Å². The summed E-state index contributed by atoms with van der Waals surface area (Å²) in [6.45, 7) is 7.23. The van der Waals surface area contributed by atoms with Gasteiger partial charge in [0, 0.05) is 44.0 Å². The lowest BCUT2D eigenvalue weighted by atomic mass is 10.1. The number of hydrogen-bond acceptors (Lipinski definition) is 13. The normalized spacial score (nSPS) is 9.37. The van der Waals surface area contributed by atoms with E-state index in [-0.39, 0.29) is 82.4 Å². The molecule has 0 radical (unpaired) electrons. The monoisotopic (exact) mass is 923 g/mol. The molecule has 2 heterocycles. The highest BCUT2D eigenvalue weighted by atomic mass is 127. The number of alkyl halides is 1. The standard InChI is InChI=1S/C13H18N4O6.C8H9N3O4.C6H11IO2.CH4.HI/c1-10(2)15-13(19)22-9-16-6-3-4-11(8-16)12(18)14-5-7-23-17(20)21;12-8(7-2-1-3-9-6-7)10-4-5-15-11(13)14;1-5(2)3-6(8)9-4-7;;/h3-4,6,8,10H,5,7,9H2,1-2H3,(H-,14,15,18,19);1-3,6H,4-5H2,(H,10,12);5H,3-4H2,1-2H3;1H4;1H. The Balaban J connectivity index is -0.000000702. The van der Waals surface area contributed by atoms with Crippen molar-refractivity contribution < 1.29 is 77.0 Å². The second kappa shape index (κ2) is 29.9. The van der Waals surface area contributed by atoms with Crippen LogP contribution in [0.4, 0.5) is 4.79 Å². The Morgan fingerprint density at radius 1 is 0.918 bits per heavy atom. The van der Waals surface area contributed by atoms with Gasteiger partial charge in [-0.1, -0.05) is 21.3 Å². The predicted octanol–water partition coefficient (Wildman–Crippen LogP) is -0.368. The number of alkyl carbamates (subject to hydrolysis) is 1. The number of esters is 1. The van der Waals surface area contributed by atoms with Crippen LogP contribution in [0.1, 0.15) is 62.3 Å². The van der Waals surface area contributed by atoms with E-state index in [4.69, 9.17) is 9.47 Å². The van der Waals surface area contributed by atoms with Gasteiger partial charge in [-0.15, -0.1) is 20.2 Å². The van der Waals surface area contributed by atoms with Gasteiger partial charge in [0.05, 0.1) is 5.56 Å². The first-order valence-corrected chi connectivity index (χ1v) is 15.4. The van der Waals surface area contributed by atoms with Crippen LogP contribution in [0.25, 0.3) is 0 Å². The number of aromatic nitrogens is 2. The van der Waals surface area contributed by atoms with Crippen molar-refractivity contribution in [3.05, 3.63) is 80.4 Å². The highest BCUT2D eigenvalue weighted by Crippen LogP contribution is 2.01. The lowest BCUT2D eigenvalue weighted by molar-refractivity contribution is -0.757. The molecule has 0 fully saturated rings. The summed E-state index contributed by atoms with van der Waals surface area (Å²) in [5, 5.41) is 25.4. The van der Waals surface area contributed by atoms with Crippen LogP contribution in [-0.2, 0) is 30.7 Å². The van der Waals surface area contributed by atoms with Gasteiger partial charge in [0.15, 0.2) is 12.4 Å². The third kappa shape index (κ3) is 28.6. The molecule has 0 bridgehead atoms. The highest BCUT2D eigenvalue weighted by Gasteiger charge is 2.12. The van der Waals surface area contributed by atoms with Crippen molar-refractivity contribution in [1.82, 2.24) is 20.9 Å². The number of nitrogens with zero attached hydrogens (tertiary/aromatic N) is 4. The summed E-state index contributed by atoms with van der Waals surface area (Å²) < 4.78 is 11.7. The van der Waals surface area contributed by atoms with Gasteiger partial charge in [0.2, 0.25) is 0 Å². The molecule has 3 amide bonds. The average Bonchev–Trinajstić information content (AvgIpc) is 3.00. The van der Waals surface area contributed by atoms with Crippen molar-refractivity contribution in [1.29, 1.82) is 0 Å². The minimum atomic E-state index is -0.928. The van der Waals surface area contributed by atoms with Gasteiger partial charge >= 0.3 is 12.1 Å². The molecule has 2 aromatic heterocycles. The van der Waals surface area contributed by atoms with E-state index in [9.17, 15) is 39.4 Å². The van der Waals surface area contributed by atoms with Gasteiger partial charge in [-0.05, 0) is 60.6 Å². The first-order valence-electron chi connectivity index (χ1n) is 13.9. The van der Waals surface area contributed by atoms with Gasteiger partial charge in [-0.25, -0.2) is 4.79 Å². The number of carbonyl (C=O) groups excluding carboxylic acids is 4. The second-order valence-electron chi connectivity index (χ2n) is 9.56. The van der Waals surface area contributed by atoms with Crippen LogP contribution in [0.15, 0.2) is 49.1 Å². The largest absolute Gasteiger partial charge is 1.00 e. The molecule has 0 aliphatic heterocycles. The predicted molar refractivity (Wildman–Crippen MR) is 177 cm³/mol. The summed E-state index contributed by atoms with van der Waals surface area (Å²) in [4.78, 5) is 76.8. The zero-order valence-electron chi connectivity index (χ0n) is 26.7. The summed E-state index contributed by atoms with van der Waals surface area (Å²) >= 11 is 2.01. The van der Waals surface area contributed by atoms with Crippen molar-refractivity contribution in [2.24, 2.45) is 5.92 Å². The first-order chi connectivity index (χ1) is 22.2. The van der Waals surface area contributed by atoms with E-state index >= 15 is 0 Å². The summed E-state index contributed by atoms with van der Waals surface area (Å²) in [6.07, 6.45) is 6.06. The molecule has 0 atom stereocenters. The molecule has 0 saturated heterocycles. The Labute approximate surface area is 314 Å². The molecule has 0 spiro atoms. The summed E-state index contributed by atoms with van der Waals surface area (Å²) in [5.74, 6) is -0.451. The maximum Gasteiger partial charge on any atom is 0.412 e. The Kier molecular flexibility index (Phi) is 30.1. The van der Waals surface area contributed by atoms with Crippen molar-refractivity contribution in [3.8, 4) is 0 Å². The van der Waals surface area contributed by atoms with Crippen molar-refractivity contribution in [2.75, 3.05) is 30.9 Å². The van der Waals surface area contributed by atoms with Crippen LogP contribution >= 0.6 is 22.6 Å². The minimum absolute atomic E-state index is 0. The molecule has 3 N–H and O–H groups in total. The zero-order chi connectivity index (χ0) is 35.6. The van der Waals surface area contributed by atoms with E-state index in [1.165, 1.54) is 17.0 Å². The Morgan fingerprint density at radius 3 is 1.94 bits per heavy atom. The average molecular weight is 923 g/mol. The zero-order valence-corrected chi connectivity index (χ0v) is 31.0. The smallest absolute Gasteiger partial charge is 0.412 e. The molecule has 0 saturated carbocycles. The molecule has 19 nitrogen and oxygen atoms in total. The van der Waals surface area contributed by atoms with Gasteiger partial charge in [0.1, 0.15) is 23.4 Å². The molecule has 0 unspecified atom stereocenters. The fourth-order valence-electron chi connectivity index (χ4n) is 2.87. The molecular formula is C28H43I2N7O12. The van der Waals surface area contributed by atoms with Crippen LogP contribution in [0.3, 0.4) is 0 Å². The van der Waals surface area contributed by atoms with Crippen LogP contribution in [-0.4, -0.2) is 76.0 Å². The van der Waals surface area contributed by atoms with E-state index < -0.39 is 22.2 Å². The number of amides is 3. The topological polar surface area (TPSA) is 244 Å². The van der Waals surface area contributed by atoms with Gasteiger partial charge in [-0.3, -0.25) is 19.4 Å². The number of hydrogen-bond donors (Lipinski definition) is 3. The molecule has 0 aliphatic rings. The lowest BCUT2D eigenvalue weighted by Gasteiger charge is -2.07. The van der Waals surface area contributed by atoms with Crippen LogP contribution < -0.4 is 44.5 Å². The van der Waals surface area contributed by atoms with E-state index in [1.807, 2.05) is 50.3 Å². The minimum Gasteiger partial charge on any atom is -1.00 e. The Morgan fingerprint density at radius 2 is 1.47 bits per heavy atom. The molecule has 276 valence electrons. The maximum atomic E-state index is 11.9. The van der Waals surface area contributed by atoms with Crippen LogP contribution in [0.5, 0.6) is 0 Å². The van der Waals surface area contributed by atoms with E-state index in [0.29, 0.717) is 28.1 Å². The fourth-order valence-corrected chi connectivity index (χ4v) is 3.22. The molecule has 2 rings (SSSR count). The molecule has 2 aromatic rings. The number of pyridine rings is 2. The van der Waals surface area contributed by atoms with E-state index in [2.05, 4.69) is 30.6 Å². The van der Waals surface area contributed by atoms with Crippen molar-refractivity contribution in [3.63, 3.8) is 0 Å². The van der Waals surface area contributed by atoms with Gasteiger partial charge in [0.25, 0.3) is 28.7 Å². The van der Waals surface area contributed by atoms with E-state index in [1.54, 1.807) is 36.7 Å². The molecule has 21 heteroatoms. The molecule has 49 heavy (non-hydrogen) atoms. The third-order valence-corrected chi connectivity index (χ3v) is 5.07. The van der Waals surface area contributed by atoms with Crippen LogP contribution in [0, 0.1) is 26.1 Å². The third-order valence-electron chi connectivity index (χ3n) is 4.75. The van der Waals surface area contributed by atoms with Gasteiger partial charge in [-0.2, -0.15) is 4.57 Å². The molecular weight excluding hydrogens is 880 g/mol. The Bertz CT molecular complexity index is 1280. The SMILES string of the molecule is C.CC(C)CC(=O)OCI.CC(C)NC(=O)OC[n+]1cccc(C(=O)NCCO[N+](=O)[O-])c1.O=C(NCCO[N+](=O)[O-])c1cccnc1.[I-]. The Hall–Kier alpha value is -4.16. The summed E-state index contributed by atoms with van der Waals surface area (Å²) in [7, 11) is 0. The number of rotatable bonds is 16.